The number of nitrogens with one attached hydrogen (secondary N) is 1. The summed E-state index contributed by atoms with van der Waals surface area (Å²) in [6.07, 6.45) is 6.48. The maximum absolute atomic E-state index is 13.1. The van der Waals surface area contributed by atoms with Gasteiger partial charge in [0.15, 0.2) is 0 Å². The second-order valence-corrected chi connectivity index (χ2v) is 9.89. The largest absolute Gasteiger partial charge is 0.347 e. The lowest BCUT2D eigenvalue weighted by Crippen LogP contribution is -2.35. The molecule has 172 valence electrons. The first-order valence-corrected chi connectivity index (χ1v) is 12.5. The van der Waals surface area contributed by atoms with Crippen molar-refractivity contribution in [1.29, 1.82) is 0 Å². The number of amides is 2. The van der Waals surface area contributed by atoms with E-state index >= 15 is 0 Å². The van der Waals surface area contributed by atoms with Crippen LogP contribution in [0.3, 0.4) is 0 Å². The summed E-state index contributed by atoms with van der Waals surface area (Å²) in [7, 11) is 0. The van der Waals surface area contributed by atoms with Crippen molar-refractivity contribution >= 4 is 39.1 Å². The van der Waals surface area contributed by atoms with Crippen LogP contribution < -0.4 is 15.8 Å². The number of hydrogen-bond acceptors (Lipinski definition) is 5. The molecular formula is C25H28N4O3S. The molecule has 1 fully saturated rings. The van der Waals surface area contributed by atoms with Gasteiger partial charge in [0, 0.05) is 38.2 Å². The van der Waals surface area contributed by atoms with E-state index in [1.165, 1.54) is 11.3 Å². The minimum atomic E-state index is -0.199. The first-order chi connectivity index (χ1) is 16.0. The molecule has 0 saturated carbocycles. The molecule has 7 nitrogen and oxygen atoms in total. The Morgan fingerprint density at radius 3 is 2.76 bits per heavy atom. The Bertz CT molecular complexity index is 1290. The third kappa shape index (κ3) is 4.19. The summed E-state index contributed by atoms with van der Waals surface area (Å²) in [6, 6.07) is 7.77. The topological polar surface area (TPSA) is 84.3 Å². The molecule has 5 rings (SSSR count). The van der Waals surface area contributed by atoms with Gasteiger partial charge in [-0.15, -0.1) is 11.3 Å². The van der Waals surface area contributed by atoms with Crippen molar-refractivity contribution in [2.75, 3.05) is 11.4 Å². The number of anilines is 1. The fourth-order valence-corrected chi connectivity index (χ4v) is 5.91. The monoisotopic (exact) mass is 464 g/mol. The van der Waals surface area contributed by atoms with Crippen LogP contribution in [0.5, 0.6) is 0 Å². The van der Waals surface area contributed by atoms with Crippen molar-refractivity contribution in [2.24, 2.45) is 0 Å². The van der Waals surface area contributed by atoms with Gasteiger partial charge in [-0.25, -0.2) is 4.98 Å². The van der Waals surface area contributed by atoms with Crippen LogP contribution in [0.2, 0.25) is 0 Å². The quantitative estimate of drug-likeness (QED) is 0.634. The second kappa shape index (κ2) is 9.09. The number of thiophene rings is 1. The average Bonchev–Trinajstić information content (AvgIpc) is 2.98. The lowest BCUT2D eigenvalue weighted by atomic mass is 10.1. The van der Waals surface area contributed by atoms with Crippen LogP contribution in [0, 0.1) is 6.92 Å². The number of nitrogens with zero attached hydrogens (tertiary/aromatic N) is 3. The molecule has 8 heteroatoms. The van der Waals surface area contributed by atoms with E-state index in [2.05, 4.69) is 5.32 Å². The van der Waals surface area contributed by atoms with Crippen molar-refractivity contribution in [3.8, 4) is 0 Å². The Kier molecular flexibility index (Phi) is 6.01. The zero-order valence-corrected chi connectivity index (χ0v) is 19.7. The zero-order chi connectivity index (χ0) is 22.9. The molecule has 1 aromatic carbocycles. The lowest BCUT2D eigenvalue weighted by molar-refractivity contribution is -0.119. The van der Waals surface area contributed by atoms with Gasteiger partial charge >= 0.3 is 0 Å². The van der Waals surface area contributed by atoms with E-state index in [0.717, 1.165) is 62.1 Å². The van der Waals surface area contributed by atoms with Crippen molar-refractivity contribution < 1.29 is 9.59 Å². The van der Waals surface area contributed by atoms with Crippen LogP contribution >= 0.6 is 11.3 Å². The smallest absolute Gasteiger partial charge is 0.262 e. The van der Waals surface area contributed by atoms with Gasteiger partial charge in [0.25, 0.3) is 11.5 Å². The van der Waals surface area contributed by atoms with Gasteiger partial charge in [-0.3, -0.25) is 19.0 Å². The zero-order valence-electron chi connectivity index (χ0n) is 18.9. The number of aromatic nitrogens is 2. The maximum Gasteiger partial charge on any atom is 0.262 e. The molecule has 2 aliphatic heterocycles. The van der Waals surface area contributed by atoms with Gasteiger partial charge in [-0.2, -0.15) is 0 Å². The standard InChI is InChI=1S/C25H28N4O3S/c1-16-21-24(27-19-10-3-2-5-13-29(19)25(21)32)33-22(16)23(31)26-15-17-8-7-9-18(14-17)28-12-6-4-11-20(28)30/h7-9,14H,2-6,10-13,15H2,1H3,(H,26,31). The van der Waals surface area contributed by atoms with Crippen LogP contribution in [0.25, 0.3) is 10.2 Å². The molecule has 2 aromatic heterocycles. The highest BCUT2D eigenvalue weighted by molar-refractivity contribution is 7.20. The summed E-state index contributed by atoms with van der Waals surface area (Å²) in [5.41, 5.74) is 2.49. The molecule has 0 bridgehead atoms. The molecule has 1 N–H and O–H groups in total. The van der Waals surface area contributed by atoms with Gasteiger partial charge in [-0.05, 0) is 55.9 Å². The molecular weight excluding hydrogens is 436 g/mol. The first-order valence-electron chi connectivity index (χ1n) is 11.7. The second-order valence-electron chi connectivity index (χ2n) is 8.89. The Morgan fingerprint density at radius 2 is 1.91 bits per heavy atom. The van der Waals surface area contributed by atoms with Crippen LogP contribution in [0.15, 0.2) is 29.1 Å². The minimum Gasteiger partial charge on any atom is -0.347 e. The van der Waals surface area contributed by atoms with Crippen molar-refractivity contribution in [3.05, 3.63) is 56.4 Å². The molecule has 0 atom stereocenters. The predicted octanol–water partition coefficient (Wildman–Crippen LogP) is 3.94. The number of carbonyl (C=O) groups excluding carboxylic acids is 2. The predicted molar refractivity (Wildman–Crippen MR) is 130 cm³/mol. The minimum absolute atomic E-state index is 0.0244. The van der Waals surface area contributed by atoms with E-state index in [9.17, 15) is 14.4 Å². The Labute approximate surface area is 196 Å². The number of hydrogen-bond donors (Lipinski definition) is 1. The normalized spacial score (nSPS) is 16.5. The molecule has 0 unspecified atom stereocenters. The average molecular weight is 465 g/mol. The van der Waals surface area contributed by atoms with E-state index in [-0.39, 0.29) is 17.4 Å². The summed E-state index contributed by atoms with van der Waals surface area (Å²) < 4.78 is 1.80. The van der Waals surface area contributed by atoms with E-state index in [1.807, 2.05) is 36.1 Å². The number of rotatable bonds is 4. The molecule has 2 aliphatic rings. The molecule has 1 saturated heterocycles. The highest BCUT2D eigenvalue weighted by Gasteiger charge is 2.23. The van der Waals surface area contributed by atoms with Gasteiger partial charge in [0.1, 0.15) is 10.7 Å². The molecule has 0 radical (unpaired) electrons. The third-order valence-corrected chi connectivity index (χ3v) is 7.80. The van der Waals surface area contributed by atoms with Crippen LogP contribution in [-0.4, -0.2) is 27.9 Å². The van der Waals surface area contributed by atoms with Gasteiger partial charge < -0.3 is 10.2 Å². The third-order valence-electron chi connectivity index (χ3n) is 6.62. The Balaban J connectivity index is 1.36. The molecule has 0 spiro atoms. The number of aryl methyl sites for hydroxylation is 2. The van der Waals surface area contributed by atoms with Crippen molar-refractivity contribution in [3.63, 3.8) is 0 Å². The fraction of sp³-hybridized carbons (Fsp3) is 0.440. The summed E-state index contributed by atoms with van der Waals surface area (Å²) >= 11 is 1.30. The summed E-state index contributed by atoms with van der Waals surface area (Å²) in [5.74, 6) is 0.789. The molecule has 4 heterocycles. The van der Waals surface area contributed by atoms with E-state index in [4.69, 9.17) is 4.98 Å². The highest BCUT2D eigenvalue weighted by Crippen LogP contribution is 2.28. The van der Waals surface area contributed by atoms with Gasteiger partial charge in [0.2, 0.25) is 5.91 Å². The van der Waals surface area contributed by atoms with Gasteiger partial charge in [0.05, 0.1) is 10.3 Å². The fourth-order valence-electron chi connectivity index (χ4n) is 4.80. The van der Waals surface area contributed by atoms with Crippen LogP contribution in [-0.2, 0) is 24.3 Å². The first kappa shape index (κ1) is 21.8. The highest BCUT2D eigenvalue weighted by atomic mass is 32.1. The Hall–Kier alpha value is -3.00. The summed E-state index contributed by atoms with van der Waals surface area (Å²) in [5, 5.41) is 3.56. The van der Waals surface area contributed by atoms with E-state index < -0.39 is 0 Å². The Morgan fingerprint density at radius 1 is 1.09 bits per heavy atom. The van der Waals surface area contributed by atoms with Crippen LogP contribution in [0.4, 0.5) is 5.69 Å². The van der Waals surface area contributed by atoms with Crippen LogP contribution in [0.1, 0.15) is 65.1 Å². The molecule has 33 heavy (non-hydrogen) atoms. The number of piperidine rings is 1. The van der Waals surface area contributed by atoms with Crippen molar-refractivity contribution in [1.82, 2.24) is 14.9 Å². The summed E-state index contributed by atoms with van der Waals surface area (Å²) in [6.45, 7) is 3.63. The van der Waals surface area contributed by atoms with E-state index in [1.54, 1.807) is 4.57 Å². The SMILES string of the molecule is Cc1c(C(=O)NCc2cccc(N3CCCCC3=O)c2)sc2nc3n(c(=O)c12)CCCCC3. The number of fused-ring (bicyclic) bond motifs is 2. The number of carbonyl (C=O) groups is 2. The summed E-state index contributed by atoms with van der Waals surface area (Å²) in [4.78, 5) is 46.2. The number of benzene rings is 1. The molecule has 3 aromatic rings. The maximum atomic E-state index is 13.1. The van der Waals surface area contributed by atoms with Crippen molar-refractivity contribution in [2.45, 2.75) is 65.0 Å². The molecule has 2 amide bonds. The molecule has 0 aliphatic carbocycles. The lowest BCUT2D eigenvalue weighted by Gasteiger charge is -2.27. The van der Waals surface area contributed by atoms with E-state index in [0.29, 0.717) is 40.2 Å². The van der Waals surface area contributed by atoms with Gasteiger partial charge in [-0.1, -0.05) is 18.6 Å².